The number of amides is 1. The van der Waals surface area contributed by atoms with Gasteiger partial charge in [0, 0.05) is 12.3 Å². The number of carbonyl (C=O) groups excluding carboxylic acids is 1. The minimum atomic E-state index is -4.51. The number of anilines is 1. The molecular weight excluding hydrogens is 418 g/mol. The molecule has 0 unspecified atom stereocenters. The Morgan fingerprint density at radius 3 is 2.39 bits per heavy atom. The molecule has 3 rings (SSSR count). The monoisotopic (exact) mass is 441 g/mol. The summed E-state index contributed by atoms with van der Waals surface area (Å²) in [7, 11) is -4.51. The molecule has 9 heteroatoms. The van der Waals surface area contributed by atoms with Gasteiger partial charge in [-0.3, -0.25) is 9.35 Å². The van der Waals surface area contributed by atoms with Gasteiger partial charge in [0.15, 0.2) is 5.75 Å². The lowest BCUT2D eigenvalue weighted by atomic mass is 10.1. The molecule has 0 saturated carbocycles. The van der Waals surface area contributed by atoms with Crippen molar-refractivity contribution in [2.75, 3.05) is 5.32 Å². The summed E-state index contributed by atoms with van der Waals surface area (Å²) in [6, 6.07) is 12.9. The van der Waals surface area contributed by atoms with Gasteiger partial charge in [0.05, 0.1) is 16.3 Å². The van der Waals surface area contributed by atoms with Crippen LogP contribution in [0.1, 0.15) is 32.3 Å². The molecule has 0 atom stereocenters. The highest BCUT2D eigenvalue weighted by molar-refractivity contribution is 7.85. The number of hydrogen-bond donors (Lipinski definition) is 3. The third kappa shape index (κ3) is 5.44. The van der Waals surface area contributed by atoms with Crippen LogP contribution in [0.15, 0.2) is 63.7 Å². The van der Waals surface area contributed by atoms with Crippen molar-refractivity contribution >= 4 is 43.9 Å². The first-order valence-corrected chi connectivity index (χ1v) is 11.2. The Labute approximate surface area is 180 Å². The van der Waals surface area contributed by atoms with Gasteiger partial charge >= 0.3 is 0 Å². The number of benzene rings is 3. The number of azo groups is 1. The SMILES string of the molecule is CCCCc1ccc(N=Nc2ccc3cc(S(=O)(=O)O)cc(NC(C)=O)c3c2O)cc1. The van der Waals surface area contributed by atoms with Crippen molar-refractivity contribution in [3.8, 4) is 5.75 Å². The Bertz CT molecular complexity index is 1250. The zero-order chi connectivity index (χ0) is 22.6. The Balaban J connectivity index is 2.01. The zero-order valence-electron chi connectivity index (χ0n) is 17.2. The maximum absolute atomic E-state index is 11.6. The van der Waals surface area contributed by atoms with Crippen molar-refractivity contribution in [3.05, 3.63) is 54.1 Å². The molecule has 0 spiro atoms. The second-order valence-corrected chi connectivity index (χ2v) is 8.55. The van der Waals surface area contributed by atoms with Crippen LogP contribution in [0.5, 0.6) is 5.75 Å². The lowest BCUT2D eigenvalue weighted by molar-refractivity contribution is -0.114. The maximum atomic E-state index is 11.6. The number of hydrogen-bond acceptors (Lipinski definition) is 6. The number of fused-ring (bicyclic) bond motifs is 1. The first-order chi connectivity index (χ1) is 14.7. The minimum absolute atomic E-state index is 0.0347. The highest BCUT2D eigenvalue weighted by Gasteiger charge is 2.18. The Morgan fingerprint density at radius 2 is 1.77 bits per heavy atom. The van der Waals surface area contributed by atoms with Crippen LogP contribution in [-0.2, 0) is 21.3 Å². The number of nitrogens with zero attached hydrogens (tertiary/aromatic N) is 2. The fourth-order valence-electron chi connectivity index (χ4n) is 3.15. The van der Waals surface area contributed by atoms with Gasteiger partial charge in [0.25, 0.3) is 10.1 Å². The van der Waals surface area contributed by atoms with Gasteiger partial charge in [-0.2, -0.15) is 13.5 Å². The number of phenols is 1. The Morgan fingerprint density at radius 1 is 1.06 bits per heavy atom. The molecule has 0 bridgehead atoms. The minimum Gasteiger partial charge on any atom is -0.505 e. The molecule has 3 aromatic rings. The molecule has 0 saturated heterocycles. The van der Waals surface area contributed by atoms with Gasteiger partial charge < -0.3 is 10.4 Å². The number of carbonyl (C=O) groups is 1. The highest BCUT2D eigenvalue weighted by Crippen LogP contribution is 2.41. The van der Waals surface area contributed by atoms with E-state index in [2.05, 4.69) is 22.5 Å². The molecule has 0 aromatic heterocycles. The van der Waals surface area contributed by atoms with Gasteiger partial charge in [-0.15, -0.1) is 5.11 Å². The molecule has 3 aromatic carbocycles. The fourth-order valence-corrected chi connectivity index (χ4v) is 3.69. The quantitative estimate of drug-likeness (QED) is 0.329. The van der Waals surface area contributed by atoms with E-state index in [0.717, 1.165) is 25.3 Å². The van der Waals surface area contributed by atoms with E-state index in [0.29, 0.717) is 11.1 Å². The number of aromatic hydroxyl groups is 1. The van der Waals surface area contributed by atoms with E-state index in [-0.39, 0.29) is 22.5 Å². The molecule has 0 aliphatic rings. The molecule has 1 amide bonds. The van der Waals surface area contributed by atoms with E-state index in [1.54, 1.807) is 0 Å². The summed E-state index contributed by atoms with van der Waals surface area (Å²) in [6.45, 7) is 3.39. The summed E-state index contributed by atoms with van der Waals surface area (Å²) in [4.78, 5) is 11.2. The zero-order valence-corrected chi connectivity index (χ0v) is 18.0. The molecule has 0 aliphatic heterocycles. The van der Waals surface area contributed by atoms with Crippen molar-refractivity contribution in [1.82, 2.24) is 0 Å². The van der Waals surface area contributed by atoms with Crippen molar-refractivity contribution in [2.24, 2.45) is 10.2 Å². The van der Waals surface area contributed by atoms with Gasteiger partial charge in [-0.05, 0) is 54.1 Å². The van der Waals surface area contributed by atoms with Crippen LogP contribution in [0, 0.1) is 0 Å². The summed E-state index contributed by atoms with van der Waals surface area (Å²) in [5, 5.41) is 22.0. The molecule has 0 aliphatic carbocycles. The Hall–Kier alpha value is -3.30. The normalized spacial score (nSPS) is 11.8. The third-order valence-electron chi connectivity index (χ3n) is 4.68. The van der Waals surface area contributed by atoms with Crippen LogP contribution >= 0.6 is 0 Å². The van der Waals surface area contributed by atoms with Crippen molar-refractivity contribution < 1.29 is 22.9 Å². The number of nitrogens with one attached hydrogen (secondary N) is 1. The van der Waals surface area contributed by atoms with Crippen LogP contribution in [0.3, 0.4) is 0 Å². The Kier molecular flexibility index (Phi) is 6.67. The predicted molar refractivity (Wildman–Crippen MR) is 119 cm³/mol. The molecule has 31 heavy (non-hydrogen) atoms. The average molecular weight is 442 g/mol. The number of rotatable bonds is 7. The summed E-state index contributed by atoms with van der Waals surface area (Å²) in [5.74, 6) is -0.741. The maximum Gasteiger partial charge on any atom is 0.294 e. The predicted octanol–water partition coefficient (Wildman–Crippen LogP) is 5.51. The molecule has 3 N–H and O–H groups in total. The van der Waals surface area contributed by atoms with E-state index in [1.807, 2.05) is 24.3 Å². The van der Waals surface area contributed by atoms with Gasteiger partial charge in [0.2, 0.25) is 5.91 Å². The lowest BCUT2D eigenvalue weighted by Crippen LogP contribution is -2.08. The van der Waals surface area contributed by atoms with Gasteiger partial charge in [0.1, 0.15) is 5.69 Å². The molecule has 0 fully saturated rings. The number of phenolic OH excluding ortho intramolecular Hbond substituents is 1. The van der Waals surface area contributed by atoms with Crippen LogP contribution in [0.4, 0.5) is 17.1 Å². The first-order valence-electron chi connectivity index (χ1n) is 9.74. The van der Waals surface area contributed by atoms with E-state index in [1.165, 1.54) is 30.7 Å². The van der Waals surface area contributed by atoms with Gasteiger partial charge in [-0.1, -0.05) is 31.5 Å². The first kappa shape index (κ1) is 22.4. The van der Waals surface area contributed by atoms with E-state index >= 15 is 0 Å². The summed E-state index contributed by atoms with van der Waals surface area (Å²) in [6.07, 6.45) is 3.23. The number of unbranched alkanes of at least 4 members (excludes halogenated alkanes) is 1. The smallest absolute Gasteiger partial charge is 0.294 e. The van der Waals surface area contributed by atoms with Crippen molar-refractivity contribution in [3.63, 3.8) is 0 Å². The summed E-state index contributed by atoms with van der Waals surface area (Å²) >= 11 is 0. The largest absolute Gasteiger partial charge is 0.505 e. The molecule has 0 heterocycles. The summed E-state index contributed by atoms with van der Waals surface area (Å²) in [5.41, 5.74) is 2.01. The second-order valence-electron chi connectivity index (χ2n) is 7.13. The van der Waals surface area contributed by atoms with E-state index in [9.17, 15) is 22.9 Å². The fraction of sp³-hybridized carbons (Fsp3) is 0.227. The van der Waals surface area contributed by atoms with Gasteiger partial charge in [-0.25, -0.2) is 0 Å². The van der Waals surface area contributed by atoms with Crippen LogP contribution in [0.2, 0.25) is 0 Å². The second kappa shape index (κ2) is 9.23. The van der Waals surface area contributed by atoms with E-state index < -0.39 is 20.9 Å². The van der Waals surface area contributed by atoms with Crippen LogP contribution < -0.4 is 5.32 Å². The third-order valence-corrected chi connectivity index (χ3v) is 5.51. The highest BCUT2D eigenvalue weighted by atomic mass is 32.2. The summed E-state index contributed by atoms with van der Waals surface area (Å²) < 4.78 is 32.5. The molecule has 8 nitrogen and oxygen atoms in total. The lowest BCUT2D eigenvalue weighted by Gasteiger charge is -2.12. The topological polar surface area (TPSA) is 128 Å². The van der Waals surface area contributed by atoms with E-state index in [4.69, 9.17) is 0 Å². The average Bonchev–Trinajstić information content (AvgIpc) is 2.71. The van der Waals surface area contributed by atoms with Crippen molar-refractivity contribution in [2.45, 2.75) is 38.0 Å². The van der Waals surface area contributed by atoms with Crippen molar-refractivity contribution in [1.29, 1.82) is 0 Å². The molecule has 0 radical (unpaired) electrons. The number of aryl methyl sites for hydroxylation is 1. The standard InChI is InChI=1S/C22H23N3O5S/c1-3-4-5-15-6-9-17(10-7-15)24-25-19-11-8-16-12-18(31(28,29)30)13-20(23-14(2)26)21(16)22(19)27/h6-13,27H,3-5H2,1-2H3,(H,23,26)(H,28,29,30). The van der Waals surface area contributed by atoms with Crippen LogP contribution in [0.25, 0.3) is 10.8 Å². The van der Waals surface area contributed by atoms with Crippen LogP contribution in [-0.4, -0.2) is 24.0 Å². The molecule has 162 valence electrons. The molecular formula is C22H23N3O5S.